The third kappa shape index (κ3) is 4.32. The number of aromatic nitrogens is 2. The van der Waals surface area contributed by atoms with Crippen molar-refractivity contribution < 1.29 is 14.3 Å². The number of nitrogens with one attached hydrogen (secondary N) is 1. The average molecular weight is 384 g/mol. The van der Waals surface area contributed by atoms with Gasteiger partial charge < -0.3 is 4.74 Å². The summed E-state index contributed by atoms with van der Waals surface area (Å²) in [5, 5.41) is 2.74. The summed E-state index contributed by atoms with van der Waals surface area (Å²) in [5.74, 6) is -0.535. The van der Waals surface area contributed by atoms with Crippen molar-refractivity contribution in [1.82, 2.24) is 14.9 Å². The molecule has 0 aliphatic rings. The van der Waals surface area contributed by atoms with Crippen LogP contribution in [-0.2, 0) is 9.53 Å². The second-order valence-electron chi connectivity index (χ2n) is 5.57. The first kappa shape index (κ1) is 19.3. The van der Waals surface area contributed by atoms with Crippen LogP contribution >= 0.6 is 23.4 Å². The highest BCUT2D eigenvalue weighted by molar-refractivity contribution is 8.00. The Balaban J connectivity index is 2.45. The van der Waals surface area contributed by atoms with Crippen LogP contribution in [-0.4, -0.2) is 33.9 Å². The molecule has 0 aliphatic heterocycles. The van der Waals surface area contributed by atoms with E-state index in [0.29, 0.717) is 21.1 Å². The maximum atomic E-state index is 12.8. The lowest BCUT2D eigenvalue weighted by molar-refractivity contribution is -0.119. The Morgan fingerprint density at radius 1 is 1.32 bits per heavy atom. The Kier molecular flexibility index (Phi) is 6.07. The highest BCUT2D eigenvalue weighted by atomic mass is 35.5. The molecule has 0 bridgehead atoms. The second kappa shape index (κ2) is 7.88. The van der Waals surface area contributed by atoms with E-state index in [1.807, 2.05) is 13.8 Å². The van der Waals surface area contributed by atoms with E-state index in [4.69, 9.17) is 11.6 Å². The van der Waals surface area contributed by atoms with Gasteiger partial charge in [-0.3, -0.25) is 19.5 Å². The number of hydrogen-bond donors (Lipinski definition) is 1. The van der Waals surface area contributed by atoms with Gasteiger partial charge in [-0.05, 0) is 39.0 Å². The van der Waals surface area contributed by atoms with Gasteiger partial charge in [0.15, 0.2) is 5.16 Å². The van der Waals surface area contributed by atoms with Gasteiger partial charge in [-0.25, -0.2) is 9.78 Å². The Hall–Kier alpha value is -2.06. The molecule has 25 heavy (non-hydrogen) atoms. The van der Waals surface area contributed by atoms with Crippen molar-refractivity contribution in [1.29, 1.82) is 0 Å². The number of rotatable bonds is 4. The molecule has 0 fully saturated rings. The van der Waals surface area contributed by atoms with Crippen molar-refractivity contribution in [3.63, 3.8) is 0 Å². The molecule has 0 saturated carbocycles. The number of carbonyl (C=O) groups excluding carboxylic acids is 2. The summed E-state index contributed by atoms with van der Waals surface area (Å²) in [7, 11) is 1.17. The minimum Gasteiger partial charge on any atom is -0.453 e. The Bertz CT molecular complexity index is 882. The van der Waals surface area contributed by atoms with Gasteiger partial charge in [0.2, 0.25) is 5.91 Å². The van der Waals surface area contributed by atoms with E-state index < -0.39 is 17.3 Å². The van der Waals surface area contributed by atoms with Crippen molar-refractivity contribution in [3.8, 4) is 0 Å². The summed E-state index contributed by atoms with van der Waals surface area (Å²) in [6, 6.07) is 4.72. The van der Waals surface area contributed by atoms with Gasteiger partial charge in [-0.15, -0.1) is 0 Å². The first-order valence-corrected chi connectivity index (χ1v) is 8.77. The fourth-order valence-corrected chi connectivity index (χ4v) is 3.36. The van der Waals surface area contributed by atoms with Gasteiger partial charge in [-0.2, -0.15) is 0 Å². The molecule has 1 heterocycles. The van der Waals surface area contributed by atoms with E-state index in [-0.39, 0.29) is 11.6 Å². The Morgan fingerprint density at radius 2 is 2.00 bits per heavy atom. The number of imide groups is 1. The molecule has 2 amide bonds. The number of halogens is 1. The topological polar surface area (TPSA) is 90.3 Å². The average Bonchev–Trinajstić information content (AvgIpc) is 2.53. The molecule has 1 aromatic heterocycles. The largest absolute Gasteiger partial charge is 0.453 e. The van der Waals surface area contributed by atoms with Gasteiger partial charge >= 0.3 is 6.09 Å². The summed E-state index contributed by atoms with van der Waals surface area (Å²) in [6.45, 7) is 5.32. The smallest absolute Gasteiger partial charge is 0.413 e. The van der Waals surface area contributed by atoms with Crippen molar-refractivity contribution in [2.45, 2.75) is 37.2 Å². The predicted molar refractivity (Wildman–Crippen MR) is 97.3 cm³/mol. The predicted octanol–water partition coefficient (Wildman–Crippen LogP) is 2.99. The van der Waals surface area contributed by atoms with E-state index in [1.54, 1.807) is 25.1 Å². The fourth-order valence-electron chi connectivity index (χ4n) is 2.16. The number of ether oxygens (including phenoxy) is 1. The molecular formula is C16H18ClN3O4S. The monoisotopic (exact) mass is 383 g/mol. The summed E-state index contributed by atoms with van der Waals surface area (Å²) >= 11 is 7.07. The van der Waals surface area contributed by atoms with Gasteiger partial charge in [0.25, 0.3) is 5.56 Å². The highest BCUT2D eigenvalue weighted by Gasteiger charge is 2.22. The second-order valence-corrected chi connectivity index (χ2v) is 7.31. The van der Waals surface area contributed by atoms with Crippen molar-refractivity contribution in [2.75, 3.05) is 7.11 Å². The number of amides is 2. The number of thioether (sulfide) groups is 1. The Morgan fingerprint density at radius 3 is 2.60 bits per heavy atom. The molecule has 7 nitrogen and oxygen atoms in total. The lowest BCUT2D eigenvalue weighted by atomic mass is 10.2. The summed E-state index contributed by atoms with van der Waals surface area (Å²) in [4.78, 5) is 40.5. The highest BCUT2D eigenvalue weighted by Crippen LogP contribution is 2.25. The first-order chi connectivity index (χ1) is 11.7. The minimum absolute atomic E-state index is 0.154. The summed E-state index contributed by atoms with van der Waals surface area (Å²) in [6.07, 6.45) is -0.836. The number of fused-ring (bicyclic) bond motifs is 1. The maximum Gasteiger partial charge on any atom is 0.413 e. The van der Waals surface area contributed by atoms with Gasteiger partial charge in [0.1, 0.15) is 0 Å². The van der Waals surface area contributed by atoms with Crippen LogP contribution in [0, 0.1) is 0 Å². The SMILES string of the molecule is COC(=O)NC(=O)[C@@H](C)Sc1nc2cc(Cl)ccc2c(=O)n1C(C)C. The zero-order valence-corrected chi connectivity index (χ0v) is 15.8. The van der Waals surface area contributed by atoms with E-state index >= 15 is 0 Å². The molecule has 2 rings (SSSR count). The minimum atomic E-state index is -0.836. The Labute approximate surface area is 153 Å². The molecule has 0 saturated heterocycles. The molecule has 0 aliphatic carbocycles. The van der Waals surface area contributed by atoms with Gasteiger partial charge in [-0.1, -0.05) is 23.4 Å². The van der Waals surface area contributed by atoms with Crippen LogP contribution in [0.3, 0.4) is 0 Å². The molecule has 0 unspecified atom stereocenters. The number of benzene rings is 1. The van der Waals surface area contributed by atoms with Crippen molar-refractivity contribution >= 4 is 46.3 Å². The van der Waals surface area contributed by atoms with Crippen LogP contribution in [0.15, 0.2) is 28.2 Å². The first-order valence-electron chi connectivity index (χ1n) is 7.51. The number of carbonyl (C=O) groups is 2. The van der Waals surface area contributed by atoms with Crippen LogP contribution < -0.4 is 10.9 Å². The third-order valence-corrected chi connectivity index (χ3v) is 4.71. The van der Waals surface area contributed by atoms with E-state index in [0.717, 1.165) is 11.8 Å². The van der Waals surface area contributed by atoms with Crippen LogP contribution in [0.1, 0.15) is 26.8 Å². The van der Waals surface area contributed by atoms with Crippen LogP contribution in [0.5, 0.6) is 0 Å². The van der Waals surface area contributed by atoms with Crippen LogP contribution in [0.2, 0.25) is 5.02 Å². The van der Waals surface area contributed by atoms with Crippen LogP contribution in [0.4, 0.5) is 4.79 Å². The molecule has 2 aromatic rings. The lowest BCUT2D eigenvalue weighted by Crippen LogP contribution is -2.36. The zero-order valence-electron chi connectivity index (χ0n) is 14.2. The van der Waals surface area contributed by atoms with Crippen molar-refractivity contribution in [2.24, 2.45) is 0 Å². The molecule has 0 radical (unpaired) electrons. The summed E-state index contributed by atoms with van der Waals surface area (Å²) in [5.41, 5.74) is 0.247. The molecule has 1 N–H and O–H groups in total. The molecule has 1 aromatic carbocycles. The normalized spacial score (nSPS) is 12.2. The number of hydrogen-bond acceptors (Lipinski definition) is 6. The van der Waals surface area contributed by atoms with E-state index in [2.05, 4.69) is 15.0 Å². The zero-order chi connectivity index (χ0) is 18.7. The van der Waals surface area contributed by atoms with Gasteiger partial charge in [0, 0.05) is 11.1 Å². The molecule has 0 spiro atoms. The molecular weight excluding hydrogens is 366 g/mol. The standard InChI is InChI=1S/C16H18ClN3O4S/c1-8(2)20-14(22)11-6-5-10(17)7-12(11)18-15(20)25-9(3)13(21)19-16(23)24-4/h5-9H,1-4H3,(H,19,21,23)/t9-/m1/s1. The van der Waals surface area contributed by atoms with E-state index in [1.165, 1.54) is 11.7 Å². The molecule has 134 valence electrons. The molecule has 1 atom stereocenters. The third-order valence-electron chi connectivity index (χ3n) is 3.41. The van der Waals surface area contributed by atoms with E-state index in [9.17, 15) is 14.4 Å². The molecule has 9 heteroatoms. The van der Waals surface area contributed by atoms with Crippen molar-refractivity contribution in [3.05, 3.63) is 33.6 Å². The van der Waals surface area contributed by atoms with Gasteiger partial charge in [0.05, 0.1) is 23.3 Å². The quantitative estimate of drug-likeness (QED) is 0.644. The number of methoxy groups -OCH3 is 1. The van der Waals surface area contributed by atoms with Crippen LogP contribution in [0.25, 0.3) is 10.9 Å². The number of nitrogens with zero attached hydrogens (tertiary/aromatic N) is 2. The lowest BCUT2D eigenvalue weighted by Gasteiger charge is -2.18. The number of alkyl carbamates (subject to hydrolysis) is 1. The fraction of sp³-hybridized carbons (Fsp3) is 0.375. The maximum absolute atomic E-state index is 12.8. The summed E-state index contributed by atoms with van der Waals surface area (Å²) < 4.78 is 5.92.